The minimum Gasteiger partial charge on any atom is -0.380 e. The van der Waals surface area contributed by atoms with Crippen LogP contribution in [0.1, 0.15) is 13.3 Å². The first-order valence-electron chi connectivity index (χ1n) is 3.90. The van der Waals surface area contributed by atoms with Gasteiger partial charge >= 0.3 is 0 Å². The first kappa shape index (κ1) is 9.41. The molecule has 0 aromatic carbocycles. The van der Waals surface area contributed by atoms with Gasteiger partial charge in [0.2, 0.25) is 0 Å². The van der Waals surface area contributed by atoms with Gasteiger partial charge in [0.1, 0.15) is 0 Å². The van der Waals surface area contributed by atoms with Crippen LogP contribution in [0.5, 0.6) is 0 Å². The van der Waals surface area contributed by atoms with Crippen molar-refractivity contribution in [3.63, 3.8) is 0 Å². The topological polar surface area (TPSA) is 59.6 Å². The molecule has 1 atom stereocenters. The van der Waals surface area contributed by atoms with Gasteiger partial charge in [0.15, 0.2) is 5.11 Å². The molecule has 0 amide bonds. The van der Waals surface area contributed by atoms with Crippen molar-refractivity contribution in [3.8, 4) is 0 Å². The van der Waals surface area contributed by atoms with Crippen molar-refractivity contribution in [2.75, 3.05) is 13.2 Å². The van der Waals surface area contributed by atoms with E-state index in [-0.39, 0.29) is 5.11 Å². The predicted molar refractivity (Wildman–Crippen MR) is 52.0 cm³/mol. The summed E-state index contributed by atoms with van der Waals surface area (Å²) in [5, 5.41) is 4.29. The highest BCUT2D eigenvalue weighted by atomic mass is 32.1. The van der Waals surface area contributed by atoms with E-state index in [2.05, 4.69) is 29.7 Å². The largest absolute Gasteiger partial charge is 0.380 e. The average Bonchev–Trinajstić information content (AvgIpc) is 2.03. The Morgan fingerprint density at radius 3 is 3.17 bits per heavy atom. The lowest BCUT2D eigenvalue weighted by Gasteiger charge is -2.20. The van der Waals surface area contributed by atoms with Gasteiger partial charge in [0, 0.05) is 18.1 Å². The van der Waals surface area contributed by atoms with Crippen LogP contribution in [-0.4, -0.2) is 24.0 Å². The summed E-state index contributed by atoms with van der Waals surface area (Å²) in [4.78, 5) is 0. The standard InChI is InChI=1S/C7H13N3OS/c1-5-4-11-3-2-6(5)9-10-7(8)12/h5H,2-4H2,1H3,(H3,8,10,12)/b9-6+. The highest BCUT2D eigenvalue weighted by Gasteiger charge is 2.15. The lowest BCUT2D eigenvalue weighted by Crippen LogP contribution is -2.31. The molecule has 0 radical (unpaired) electrons. The van der Waals surface area contributed by atoms with Gasteiger partial charge in [0.05, 0.1) is 13.2 Å². The van der Waals surface area contributed by atoms with Crippen LogP contribution >= 0.6 is 12.2 Å². The van der Waals surface area contributed by atoms with Gasteiger partial charge in [-0.1, -0.05) is 6.92 Å². The van der Waals surface area contributed by atoms with Crippen molar-refractivity contribution in [1.29, 1.82) is 0 Å². The van der Waals surface area contributed by atoms with E-state index in [1.54, 1.807) is 0 Å². The van der Waals surface area contributed by atoms with Crippen molar-refractivity contribution >= 4 is 23.0 Å². The first-order chi connectivity index (χ1) is 5.70. The van der Waals surface area contributed by atoms with Gasteiger partial charge in [-0.2, -0.15) is 5.10 Å². The Kier molecular flexibility index (Phi) is 3.43. The second kappa shape index (κ2) is 4.37. The molecule has 1 rings (SSSR count). The molecule has 68 valence electrons. The Hall–Kier alpha value is -0.680. The molecule has 4 nitrogen and oxygen atoms in total. The molecule has 1 fully saturated rings. The fourth-order valence-electron chi connectivity index (χ4n) is 1.07. The number of nitrogens with zero attached hydrogens (tertiary/aromatic N) is 1. The predicted octanol–water partition coefficient (Wildman–Crippen LogP) is 0.232. The first-order valence-corrected chi connectivity index (χ1v) is 4.30. The highest BCUT2D eigenvalue weighted by Crippen LogP contribution is 2.09. The fraction of sp³-hybridized carbons (Fsp3) is 0.714. The second-order valence-electron chi connectivity index (χ2n) is 2.81. The molecule has 0 bridgehead atoms. The molecule has 0 aliphatic carbocycles. The van der Waals surface area contributed by atoms with E-state index in [1.165, 1.54) is 0 Å². The normalized spacial score (nSPS) is 27.1. The van der Waals surface area contributed by atoms with Gasteiger partial charge in [-0.25, -0.2) is 0 Å². The van der Waals surface area contributed by atoms with Crippen LogP contribution in [0.4, 0.5) is 0 Å². The third kappa shape index (κ3) is 2.75. The maximum Gasteiger partial charge on any atom is 0.184 e. The maximum atomic E-state index is 5.25. The van der Waals surface area contributed by atoms with Crippen LogP contribution in [0.25, 0.3) is 0 Å². The van der Waals surface area contributed by atoms with E-state index in [0.717, 1.165) is 25.3 Å². The Balaban J connectivity index is 2.47. The molecule has 0 aromatic heterocycles. The molecule has 0 aromatic rings. The van der Waals surface area contributed by atoms with Crippen molar-refractivity contribution in [3.05, 3.63) is 0 Å². The number of thiocarbonyl (C=S) groups is 1. The number of rotatable bonds is 1. The van der Waals surface area contributed by atoms with Gasteiger partial charge in [-0.3, -0.25) is 5.43 Å². The summed E-state index contributed by atoms with van der Waals surface area (Å²) in [5.41, 5.74) is 8.90. The lowest BCUT2D eigenvalue weighted by molar-refractivity contribution is 0.110. The number of nitrogens with one attached hydrogen (secondary N) is 1. The lowest BCUT2D eigenvalue weighted by atomic mass is 10.0. The zero-order chi connectivity index (χ0) is 8.97. The summed E-state index contributed by atoms with van der Waals surface area (Å²) < 4.78 is 5.25. The molecule has 5 heteroatoms. The second-order valence-corrected chi connectivity index (χ2v) is 3.24. The third-order valence-corrected chi connectivity index (χ3v) is 1.84. The molecule has 1 unspecified atom stereocenters. The summed E-state index contributed by atoms with van der Waals surface area (Å²) >= 11 is 4.63. The number of hydrogen-bond acceptors (Lipinski definition) is 3. The Labute approximate surface area is 77.2 Å². The third-order valence-electron chi connectivity index (χ3n) is 1.75. The van der Waals surface area contributed by atoms with Crippen LogP contribution in [0, 0.1) is 5.92 Å². The average molecular weight is 187 g/mol. The molecule has 3 N–H and O–H groups in total. The van der Waals surface area contributed by atoms with E-state index in [4.69, 9.17) is 10.5 Å². The van der Waals surface area contributed by atoms with Crippen LogP contribution in [0.2, 0.25) is 0 Å². The molecular weight excluding hydrogens is 174 g/mol. The number of hydrazone groups is 1. The Morgan fingerprint density at radius 2 is 2.58 bits per heavy atom. The fourth-order valence-corrected chi connectivity index (χ4v) is 1.12. The van der Waals surface area contributed by atoms with E-state index >= 15 is 0 Å². The molecule has 1 aliphatic heterocycles. The number of hydrogen-bond donors (Lipinski definition) is 2. The smallest absolute Gasteiger partial charge is 0.184 e. The van der Waals surface area contributed by atoms with Gasteiger partial charge < -0.3 is 10.5 Å². The summed E-state index contributed by atoms with van der Waals surface area (Å²) in [5.74, 6) is 0.362. The molecule has 1 saturated heterocycles. The quantitative estimate of drug-likeness (QED) is 0.456. The SMILES string of the molecule is CC1COCC/C1=N\NC(N)=S. The minimum atomic E-state index is 0.209. The zero-order valence-corrected chi connectivity index (χ0v) is 7.86. The van der Waals surface area contributed by atoms with Crippen molar-refractivity contribution in [2.45, 2.75) is 13.3 Å². The van der Waals surface area contributed by atoms with Crippen LogP contribution in [0.3, 0.4) is 0 Å². The highest BCUT2D eigenvalue weighted by molar-refractivity contribution is 7.80. The van der Waals surface area contributed by atoms with Gasteiger partial charge in [-0.15, -0.1) is 0 Å². The maximum absolute atomic E-state index is 5.25. The van der Waals surface area contributed by atoms with Crippen molar-refractivity contribution in [1.82, 2.24) is 5.43 Å². The molecule has 0 spiro atoms. The summed E-state index contributed by atoms with van der Waals surface area (Å²) in [6.45, 7) is 3.54. The molecule has 1 aliphatic rings. The van der Waals surface area contributed by atoms with Crippen LogP contribution in [-0.2, 0) is 4.74 Å². The summed E-state index contributed by atoms with van der Waals surface area (Å²) in [6, 6.07) is 0. The van der Waals surface area contributed by atoms with Crippen LogP contribution in [0.15, 0.2) is 5.10 Å². The molecule has 12 heavy (non-hydrogen) atoms. The van der Waals surface area contributed by atoms with E-state index in [1.807, 2.05) is 0 Å². The van der Waals surface area contributed by atoms with E-state index < -0.39 is 0 Å². The Bertz CT molecular complexity index is 205. The summed E-state index contributed by atoms with van der Waals surface area (Å²) in [6.07, 6.45) is 0.858. The van der Waals surface area contributed by atoms with E-state index in [0.29, 0.717) is 5.92 Å². The van der Waals surface area contributed by atoms with Gasteiger partial charge in [-0.05, 0) is 12.2 Å². The van der Waals surface area contributed by atoms with Gasteiger partial charge in [0.25, 0.3) is 0 Å². The van der Waals surface area contributed by atoms with Crippen molar-refractivity contribution in [2.24, 2.45) is 16.8 Å². The Morgan fingerprint density at radius 1 is 1.83 bits per heavy atom. The number of nitrogens with two attached hydrogens (primary N) is 1. The minimum absolute atomic E-state index is 0.209. The number of ether oxygens (including phenoxy) is 1. The molecule has 1 heterocycles. The summed E-state index contributed by atoms with van der Waals surface area (Å²) in [7, 11) is 0. The molecular formula is C7H13N3OS. The molecule has 0 saturated carbocycles. The van der Waals surface area contributed by atoms with E-state index in [9.17, 15) is 0 Å². The monoisotopic (exact) mass is 187 g/mol. The zero-order valence-electron chi connectivity index (χ0n) is 7.04. The van der Waals surface area contributed by atoms with Crippen LogP contribution < -0.4 is 11.2 Å². The van der Waals surface area contributed by atoms with Crippen molar-refractivity contribution < 1.29 is 4.74 Å².